The maximum absolute atomic E-state index is 10.4. The van der Waals surface area contributed by atoms with E-state index in [1.807, 2.05) is 18.2 Å². The summed E-state index contributed by atoms with van der Waals surface area (Å²) in [5.41, 5.74) is 1.17. The van der Waals surface area contributed by atoms with E-state index in [4.69, 9.17) is 16.3 Å². The van der Waals surface area contributed by atoms with Crippen LogP contribution in [0.25, 0.3) is 0 Å². The smallest absolute Gasteiger partial charge is 0.194 e. The SMILES string of the molecule is CCNC(=NCC(O)c1ccc(Cl)s1)N1CCN(c2cccc(OC)c2)CC1.I. The molecule has 2 N–H and O–H groups in total. The quantitative estimate of drug-likeness (QED) is 0.325. The molecule has 1 aromatic heterocycles. The van der Waals surface area contributed by atoms with Crippen molar-refractivity contribution in [3.8, 4) is 5.75 Å². The molecular formula is C20H28ClIN4O2S. The van der Waals surface area contributed by atoms with Gasteiger partial charge in [0.1, 0.15) is 11.9 Å². The number of guanidine groups is 1. The second-order valence-electron chi connectivity index (χ2n) is 6.53. The first-order valence-electron chi connectivity index (χ1n) is 9.46. The van der Waals surface area contributed by atoms with Crippen molar-refractivity contribution in [2.75, 3.05) is 51.3 Å². The number of hydrogen-bond acceptors (Lipinski definition) is 5. The van der Waals surface area contributed by atoms with E-state index in [9.17, 15) is 5.11 Å². The molecule has 1 unspecified atom stereocenters. The van der Waals surface area contributed by atoms with Crippen LogP contribution in [0, 0.1) is 0 Å². The fraction of sp³-hybridized carbons (Fsp3) is 0.450. The number of ether oxygens (including phenoxy) is 1. The summed E-state index contributed by atoms with van der Waals surface area (Å²) in [7, 11) is 1.69. The minimum Gasteiger partial charge on any atom is -0.497 e. The van der Waals surface area contributed by atoms with E-state index in [1.54, 1.807) is 13.2 Å². The van der Waals surface area contributed by atoms with Crippen molar-refractivity contribution in [3.05, 3.63) is 45.6 Å². The fourth-order valence-corrected chi connectivity index (χ4v) is 4.22. The van der Waals surface area contributed by atoms with Gasteiger partial charge in [-0.25, -0.2) is 0 Å². The summed E-state index contributed by atoms with van der Waals surface area (Å²) >= 11 is 7.35. The first kappa shape index (κ1) is 24.0. The van der Waals surface area contributed by atoms with Gasteiger partial charge in [-0.15, -0.1) is 35.3 Å². The molecule has 0 amide bonds. The number of anilines is 1. The fourth-order valence-electron chi connectivity index (χ4n) is 3.18. The van der Waals surface area contributed by atoms with Crippen LogP contribution in [-0.2, 0) is 0 Å². The second kappa shape index (κ2) is 11.8. The third kappa shape index (κ3) is 6.63. The number of aliphatic hydroxyl groups excluding tert-OH is 1. The van der Waals surface area contributed by atoms with Crippen molar-refractivity contribution in [3.63, 3.8) is 0 Å². The molecule has 29 heavy (non-hydrogen) atoms. The maximum atomic E-state index is 10.4. The Hall–Kier alpha value is -1.23. The monoisotopic (exact) mass is 550 g/mol. The van der Waals surface area contributed by atoms with Crippen LogP contribution in [0.4, 0.5) is 5.69 Å². The van der Waals surface area contributed by atoms with Gasteiger partial charge < -0.3 is 25.0 Å². The van der Waals surface area contributed by atoms with Crippen LogP contribution in [0.3, 0.4) is 0 Å². The van der Waals surface area contributed by atoms with E-state index in [1.165, 1.54) is 17.0 Å². The standard InChI is InChI=1S/C20H27ClN4O2S.HI/c1-3-22-20(23-14-17(26)18-7-8-19(21)28-18)25-11-9-24(10-12-25)15-5-4-6-16(13-15)27-2;/h4-8,13,17,26H,3,9-12,14H2,1-2H3,(H,22,23);1H. The van der Waals surface area contributed by atoms with E-state index in [0.29, 0.717) is 10.9 Å². The van der Waals surface area contributed by atoms with Gasteiger partial charge in [-0.3, -0.25) is 4.99 Å². The Kier molecular flexibility index (Phi) is 9.81. The van der Waals surface area contributed by atoms with Gasteiger partial charge in [0, 0.05) is 49.4 Å². The molecule has 9 heteroatoms. The van der Waals surface area contributed by atoms with Crippen LogP contribution in [0.1, 0.15) is 17.9 Å². The Balaban J connectivity index is 0.00000300. The first-order chi connectivity index (χ1) is 13.6. The van der Waals surface area contributed by atoms with E-state index in [-0.39, 0.29) is 24.0 Å². The zero-order valence-corrected chi connectivity index (χ0v) is 20.6. The highest BCUT2D eigenvalue weighted by atomic mass is 127. The Morgan fingerprint density at radius 3 is 2.66 bits per heavy atom. The van der Waals surface area contributed by atoms with E-state index in [2.05, 4.69) is 39.2 Å². The number of nitrogens with one attached hydrogen (secondary N) is 1. The van der Waals surface area contributed by atoms with Gasteiger partial charge in [0.15, 0.2) is 5.96 Å². The molecule has 0 radical (unpaired) electrons. The Labute approximate surface area is 198 Å². The second-order valence-corrected chi connectivity index (χ2v) is 8.27. The van der Waals surface area contributed by atoms with Crippen molar-refractivity contribution in [2.24, 2.45) is 4.99 Å². The number of aliphatic imine (C=N–C) groups is 1. The highest BCUT2D eigenvalue weighted by Gasteiger charge is 2.20. The lowest BCUT2D eigenvalue weighted by molar-refractivity contribution is 0.190. The molecule has 2 heterocycles. The summed E-state index contributed by atoms with van der Waals surface area (Å²) in [4.78, 5) is 10.1. The highest BCUT2D eigenvalue weighted by Crippen LogP contribution is 2.27. The molecule has 6 nitrogen and oxygen atoms in total. The Morgan fingerprint density at radius 2 is 2.03 bits per heavy atom. The first-order valence-corrected chi connectivity index (χ1v) is 10.7. The predicted molar refractivity (Wildman–Crippen MR) is 132 cm³/mol. The average molecular weight is 551 g/mol. The lowest BCUT2D eigenvalue weighted by Gasteiger charge is -2.37. The number of nitrogens with zero attached hydrogens (tertiary/aromatic N) is 3. The van der Waals surface area contributed by atoms with E-state index < -0.39 is 6.10 Å². The number of rotatable bonds is 6. The summed E-state index contributed by atoms with van der Waals surface area (Å²) in [5, 5.41) is 13.7. The molecule has 0 bridgehead atoms. The van der Waals surface area contributed by atoms with Crippen molar-refractivity contribution < 1.29 is 9.84 Å². The van der Waals surface area contributed by atoms with Gasteiger partial charge in [0.05, 0.1) is 18.0 Å². The van der Waals surface area contributed by atoms with Crippen molar-refractivity contribution in [2.45, 2.75) is 13.0 Å². The number of halogens is 2. The molecule has 1 aliphatic rings. The molecular weight excluding hydrogens is 523 g/mol. The van der Waals surface area contributed by atoms with Gasteiger partial charge in [0.25, 0.3) is 0 Å². The van der Waals surface area contributed by atoms with Crippen LogP contribution in [0.5, 0.6) is 5.75 Å². The van der Waals surface area contributed by atoms with Crippen LogP contribution >= 0.6 is 46.9 Å². The molecule has 1 saturated heterocycles. The zero-order valence-electron chi connectivity index (χ0n) is 16.7. The Morgan fingerprint density at radius 1 is 1.28 bits per heavy atom. The van der Waals surface area contributed by atoms with Crippen molar-refractivity contribution in [1.29, 1.82) is 0 Å². The number of aliphatic hydroxyl groups is 1. The lowest BCUT2D eigenvalue weighted by atomic mass is 10.2. The van der Waals surface area contributed by atoms with E-state index in [0.717, 1.165) is 49.3 Å². The highest BCUT2D eigenvalue weighted by molar-refractivity contribution is 14.0. The number of piperazine rings is 1. The number of benzene rings is 1. The average Bonchev–Trinajstić information content (AvgIpc) is 3.17. The topological polar surface area (TPSA) is 60.3 Å². The number of hydrogen-bond donors (Lipinski definition) is 2. The summed E-state index contributed by atoms with van der Waals surface area (Å²) in [6.45, 7) is 6.69. The zero-order chi connectivity index (χ0) is 19.9. The number of methoxy groups -OCH3 is 1. The van der Waals surface area contributed by atoms with Crippen LogP contribution in [0.15, 0.2) is 41.4 Å². The van der Waals surface area contributed by atoms with Crippen LogP contribution < -0.4 is 15.0 Å². The minimum atomic E-state index is -0.635. The molecule has 1 atom stereocenters. The summed E-state index contributed by atoms with van der Waals surface area (Å²) < 4.78 is 6.01. The molecule has 0 spiro atoms. The van der Waals surface area contributed by atoms with E-state index >= 15 is 0 Å². The van der Waals surface area contributed by atoms with Crippen LogP contribution in [0.2, 0.25) is 4.34 Å². The molecule has 1 aromatic carbocycles. The maximum Gasteiger partial charge on any atom is 0.194 e. The van der Waals surface area contributed by atoms with Crippen molar-refractivity contribution >= 4 is 58.6 Å². The van der Waals surface area contributed by atoms with Gasteiger partial charge in [-0.2, -0.15) is 0 Å². The summed E-state index contributed by atoms with van der Waals surface area (Å²) in [5.74, 6) is 1.71. The molecule has 160 valence electrons. The molecule has 3 rings (SSSR count). The summed E-state index contributed by atoms with van der Waals surface area (Å²) in [6, 6.07) is 11.8. The minimum absolute atomic E-state index is 0. The van der Waals surface area contributed by atoms with Crippen LogP contribution in [-0.4, -0.2) is 62.3 Å². The third-order valence-electron chi connectivity index (χ3n) is 4.67. The van der Waals surface area contributed by atoms with Crippen molar-refractivity contribution in [1.82, 2.24) is 10.2 Å². The third-order valence-corrected chi connectivity index (χ3v) is 6.00. The van der Waals surface area contributed by atoms with Gasteiger partial charge in [-0.1, -0.05) is 17.7 Å². The largest absolute Gasteiger partial charge is 0.497 e. The molecule has 0 saturated carbocycles. The Bertz CT molecular complexity index is 796. The number of thiophene rings is 1. The lowest BCUT2D eigenvalue weighted by Crippen LogP contribution is -2.52. The van der Waals surface area contributed by atoms with Gasteiger partial charge in [0.2, 0.25) is 0 Å². The normalized spacial score (nSPS) is 15.7. The molecule has 1 fully saturated rings. The van der Waals surface area contributed by atoms with Gasteiger partial charge in [-0.05, 0) is 31.2 Å². The molecule has 2 aromatic rings. The molecule has 1 aliphatic heterocycles. The predicted octanol–water partition coefficient (Wildman–Crippen LogP) is 3.85. The van der Waals surface area contributed by atoms with Gasteiger partial charge >= 0.3 is 0 Å². The molecule has 0 aliphatic carbocycles. The summed E-state index contributed by atoms with van der Waals surface area (Å²) in [6.07, 6.45) is -0.635.